The molecule has 0 amide bonds. The maximum absolute atomic E-state index is 12.2. The van der Waals surface area contributed by atoms with Gasteiger partial charge in [-0.3, -0.25) is 0 Å². The SMILES string of the molecule is CCOC(=O)C1=C(C)NC(=S)N[C@H]1c1cccc(Br)c1. The van der Waals surface area contributed by atoms with Crippen LogP contribution in [-0.2, 0) is 9.53 Å². The molecule has 2 N–H and O–H groups in total. The molecule has 1 aliphatic heterocycles. The molecule has 0 aromatic heterocycles. The molecule has 106 valence electrons. The third-order valence-electron chi connectivity index (χ3n) is 2.95. The van der Waals surface area contributed by atoms with E-state index < -0.39 is 0 Å². The van der Waals surface area contributed by atoms with Crippen molar-refractivity contribution in [1.29, 1.82) is 0 Å². The Morgan fingerprint density at radius 1 is 1.50 bits per heavy atom. The molecule has 0 radical (unpaired) electrons. The van der Waals surface area contributed by atoms with E-state index in [1.165, 1.54) is 0 Å². The summed E-state index contributed by atoms with van der Waals surface area (Å²) in [5.74, 6) is -0.336. The van der Waals surface area contributed by atoms with Gasteiger partial charge in [-0.15, -0.1) is 0 Å². The standard InChI is InChI=1S/C14H15BrN2O2S/c1-3-19-13(18)11-8(2)16-14(20)17-12(11)9-5-4-6-10(15)7-9/h4-7,12H,3H2,1-2H3,(H2,16,17,20)/t12-/m0/s1. The number of hydrogen-bond acceptors (Lipinski definition) is 3. The molecule has 6 heteroatoms. The van der Waals surface area contributed by atoms with Gasteiger partial charge in [0.1, 0.15) is 0 Å². The zero-order valence-corrected chi connectivity index (χ0v) is 13.6. The van der Waals surface area contributed by atoms with Gasteiger partial charge in [-0.1, -0.05) is 28.1 Å². The number of esters is 1. The van der Waals surface area contributed by atoms with Crippen LogP contribution in [0, 0.1) is 0 Å². The van der Waals surface area contributed by atoms with Crippen molar-refractivity contribution in [2.75, 3.05) is 6.61 Å². The van der Waals surface area contributed by atoms with Crippen molar-refractivity contribution in [2.45, 2.75) is 19.9 Å². The van der Waals surface area contributed by atoms with Crippen LogP contribution >= 0.6 is 28.1 Å². The average Bonchev–Trinajstić information content (AvgIpc) is 2.37. The summed E-state index contributed by atoms with van der Waals surface area (Å²) in [7, 11) is 0. The predicted octanol–water partition coefficient (Wildman–Crippen LogP) is 2.81. The quantitative estimate of drug-likeness (QED) is 0.645. The van der Waals surface area contributed by atoms with Gasteiger partial charge in [0.15, 0.2) is 5.11 Å². The molecule has 1 aromatic rings. The van der Waals surface area contributed by atoms with E-state index >= 15 is 0 Å². The minimum absolute atomic E-state index is 0.305. The normalized spacial score (nSPS) is 18.4. The number of halogens is 1. The van der Waals surface area contributed by atoms with Crippen LogP contribution in [-0.4, -0.2) is 17.7 Å². The molecule has 0 spiro atoms. The molecule has 1 atom stereocenters. The number of carbonyl (C=O) groups excluding carboxylic acids is 1. The van der Waals surface area contributed by atoms with E-state index in [1.807, 2.05) is 31.2 Å². The van der Waals surface area contributed by atoms with E-state index in [1.54, 1.807) is 6.92 Å². The summed E-state index contributed by atoms with van der Waals surface area (Å²) in [6.45, 7) is 3.95. The monoisotopic (exact) mass is 354 g/mol. The maximum atomic E-state index is 12.2. The van der Waals surface area contributed by atoms with Crippen LogP contribution in [0.25, 0.3) is 0 Å². The molecular formula is C14H15BrN2O2S. The average molecular weight is 355 g/mol. The third-order valence-corrected chi connectivity index (χ3v) is 3.66. The van der Waals surface area contributed by atoms with Crippen LogP contribution in [0.4, 0.5) is 0 Å². The first kappa shape index (κ1) is 15.0. The van der Waals surface area contributed by atoms with Crippen molar-refractivity contribution in [3.63, 3.8) is 0 Å². The number of nitrogens with one attached hydrogen (secondary N) is 2. The van der Waals surface area contributed by atoms with E-state index in [2.05, 4.69) is 26.6 Å². The molecule has 0 aliphatic carbocycles. The summed E-state index contributed by atoms with van der Waals surface area (Å²) < 4.78 is 6.08. The highest BCUT2D eigenvalue weighted by Gasteiger charge is 2.30. The molecule has 2 rings (SSSR count). The van der Waals surface area contributed by atoms with E-state index in [0.29, 0.717) is 17.3 Å². The fourth-order valence-corrected chi connectivity index (χ4v) is 2.80. The van der Waals surface area contributed by atoms with Crippen LogP contribution in [0.5, 0.6) is 0 Å². The summed E-state index contributed by atoms with van der Waals surface area (Å²) in [5, 5.41) is 6.59. The topological polar surface area (TPSA) is 50.4 Å². The van der Waals surface area contributed by atoms with Crippen LogP contribution in [0.1, 0.15) is 25.5 Å². The molecule has 0 bridgehead atoms. The number of benzene rings is 1. The minimum Gasteiger partial charge on any atom is -0.463 e. The largest absolute Gasteiger partial charge is 0.463 e. The lowest BCUT2D eigenvalue weighted by molar-refractivity contribution is -0.139. The minimum atomic E-state index is -0.336. The molecule has 20 heavy (non-hydrogen) atoms. The summed E-state index contributed by atoms with van der Waals surface area (Å²) in [6, 6.07) is 7.45. The van der Waals surface area contributed by atoms with E-state index in [-0.39, 0.29) is 12.0 Å². The Morgan fingerprint density at radius 2 is 2.25 bits per heavy atom. The van der Waals surface area contributed by atoms with Crippen molar-refractivity contribution in [2.24, 2.45) is 0 Å². The van der Waals surface area contributed by atoms with E-state index in [9.17, 15) is 4.79 Å². The molecule has 1 aromatic carbocycles. The highest BCUT2D eigenvalue weighted by molar-refractivity contribution is 9.10. The van der Waals surface area contributed by atoms with Gasteiger partial charge >= 0.3 is 5.97 Å². The van der Waals surface area contributed by atoms with Gasteiger partial charge in [-0.2, -0.15) is 0 Å². The number of allylic oxidation sites excluding steroid dienone is 1. The van der Waals surface area contributed by atoms with Crippen molar-refractivity contribution in [1.82, 2.24) is 10.6 Å². The van der Waals surface area contributed by atoms with Crippen molar-refractivity contribution in [3.8, 4) is 0 Å². The fraction of sp³-hybridized carbons (Fsp3) is 0.286. The first-order chi connectivity index (χ1) is 9.52. The second-order valence-corrected chi connectivity index (χ2v) is 5.67. The second kappa shape index (κ2) is 6.37. The Hall–Kier alpha value is -1.40. The van der Waals surface area contributed by atoms with Crippen LogP contribution in [0.2, 0.25) is 0 Å². The van der Waals surface area contributed by atoms with Crippen molar-refractivity contribution >= 4 is 39.2 Å². The lowest BCUT2D eigenvalue weighted by atomic mass is 9.96. The number of thiocarbonyl (C=S) groups is 1. The zero-order chi connectivity index (χ0) is 14.7. The number of hydrogen-bond donors (Lipinski definition) is 2. The molecule has 4 nitrogen and oxygen atoms in total. The van der Waals surface area contributed by atoms with Gasteiger partial charge in [-0.25, -0.2) is 4.79 Å². The smallest absolute Gasteiger partial charge is 0.338 e. The van der Waals surface area contributed by atoms with Gasteiger partial charge in [0.05, 0.1) is 18.2 Å². The molecular weight excluding hydrogens is 340 g/mol. The van der Waals surface area contributed by atoms with Crippen molar-refractivity contribution in [3.05, 3.63) is 45.6 Å². The van der Waals surface area contributed by atoms with Gasteiger partial charge < -0.3 is 15.4 Å². The Balaban J connectivity index is 2.44. The maximum Gasteiger partial charge on any atom is 0.338 e. The van der Waals surface area contributed by atoms with Gasteiger partial charge in [0.2, 0.25) is 0 Å². The number of ether oxygens (including phenoxy) is 1. The second-order valence-electron chi connectivity index (χ2n) is 4.35. The Bertz CT molecular complexity index is 586. The molecule has 0 saturated heterocycles. The van der Waals surface area contributed by atoms with Crippen molar-refractivity contribution < 1.29 is 9.53 Å². The summed E-state index contributed by atoms with van der Waals surface area (Å²) >= 11 is 8.61. The lowest BCUT2D eigenvalue weighted by Crippen LogP contribution is -2.45. The highest BCUT2D eigenvalue weighted by Crippen LogP contribution is 2.29. The molecule has 1 aliphatic rings. The zero-order valence-electron chi connectivity index (χ0n) is 11.2. The number of rotatable bonds is 3. The van der Waals surface area contributed by atoms with Gasteiger partial charge in [0, 0.05) is 10.2 Å². The third kappa shape index (κ3) is 3.19. The number of carbonyl (C=O) groups is 1. The van der Waals surface area contributed by atoms with Crippen LogP contribution < -0.4 is 10.6 Å². The Kier molecular flexibility index (Phi) is 4.77. The van der Waals surface area contributed by atoms with E-state index in [0.717, 1.165) is 15.7 Å². The predicted molar refractivity (Wildman–Crippen MR) is 85.1 cm³/mol. The van der Waals surface area contributed by atoms with Crippen LogP contribution in [0.15, 0.2) is 40.0 Å². The Labute approximate surface area is 131 Å². The summed E-state index contributed by atoms with van der Waals surface area (Å²) in [4.78, 5) is 12.2. The fourth-order valence-electron chi connectivity index (χ4n) is 2.11. The Morgan fingerprint density at radius 3 is 2.90 bits per heavy atom. The first-order valence-electron chi connectivity index (χ1n) is 6.23. The summed E-state index contributed by atoms with van der Waals surface area (Å²) in [6.07, 6.45) is 0. The van der Waals surface area contributed by atoms with Gasteiger partial charge in [0.25, 0.3) is 0 Å². The molecule has 0 unspecified atom stereocenters. The first-order valence-corrected chi connectivity index (χ1v) is 7.44. The molecule has 0 saturated carbocycles. The highest BCUT2D eigenvalue weighted by atomic mass is 79.9. The lowest BCUT2D eigenvalue weighted by Gasteiger charge is -2.29. The van der Waals surface area contributed by atoms with Gasteiger partial charge in [-0.05, 0) is 43.8 Å². The summed E-state index contributed by atoms with van der Waals surface area (Å²) in [5.41, 5.74) is 2.22. The van der Waals surface area contributed by atoms with E-state index in [4.69, 9.17) is 17.0 Å². The molecule has 1 heterocycles. The molecule has 0 fully saturated rings. The van der Waals surface area contributed by atoms with Crippen LogP contribution in [0.3, 0.4) is 0 Å².